The van der Waals surface area contributed by atoms with Gasteiger partial charge < -0.3 is 0 Å². The molecule has 2 saturated heterocycles. The summed E-state index contributed by atoms with van der Waals surface area (Å²) in [6.45, 7) is 0. The van der Waals surface area contributed by atoms with Gasteiger partial charge in [0.1, 0.15) is 0 Å². The first-order valence-electron chi connectivity index (χ1n) is 6.93. The first-order chi connectivity index (χ1) is 8.79. The molecule has 0 bridgehead atoms. The number of carbonyl (C=O) groups excluding carboxylic acids is 1. The Hall–Kier alpha value is 0.299. The number of carbonyl (C=O) groups is 1. The molecule has 102 valence electrons. The summed E-state index contributed by atoms with van der Waals surface area (Å²) in [5, 5.41) is 1.30. The van der Waals surface area contributed by atoms with Crippen molar-refractivity contribution in [1.82, 2.24) is 4.90 Å². The van der Waals surface area contributed by atoms with Crippen molar-refractivity contribution in [3.05, 3.63) is 0 Å². The van der Waals surface area contributed by atoms with Crippen LogP contribution in [0.5, 0.6) is 0 Å². The van der Waals surface area contributed by atoms with E-state index in [1.165, 1.54) is 49.6 Å². The van der Waals surface area contributed by atoms with Crippen LogP contribution in [0.25, 0.3) is 0 Å². The minimum atomic E-state index is -0.148. The van der Waals surface area contributed by atoms with Gasteiger partial charge in [0.25, 0.3) is 0 Å². The summed E-state index contributed by atoms with van der Waals surface area (Å²) in [6.07, 6.45) is 7.51. The van der Waals surface area contributed by atoms with Crippen LogP contribution in [0.2, 0.25) is 5.32 Å². The summed E-state index contributed by atoms with van der Waals surface area (Å²) in [5.74, 6) is 1.46. The number of amides is 1. The van der Waals surface area contributed by atoms with Crippen LogP contribution in [0.15, 0.2) is 0 Å². The van der Waals surface area contributed by atoms with Gasteiger partial charge in [0.2, 0.25) is 0 Å². The van der Waals surface area contributed by atoms with Crippen LogP contribution in [0.4, 0.5) is 0 Å². The molecular formula is C13H21NO2SSe. The molecule has 1 saturated carbocycles. The fourth-order valence-corrected chi connectivity index (χ4v) is 9.38. The third kappa shape index (κ3) is 1.94. The van der Waals surface area contributed by atoms with E-state index in [9.17, 15) is 4.79 Å². The van der Waals surface area contributed by atoms with Crippen molar-refractivity contribution in [2.75, 3.05) is 12.9 Å². The molecule has 0 radical (unpaired) electrons. The average molecular weight is 334 g/mol. The Morgan fingerprint density at radius 1 is 1.33 bits per heavy atom. The van der Waals surface area contributed by atoms with Gasteiger partial charge in [-0.05, 0) is 0 Å². The Labute approximate surface area is 120 Å². The normalized spacial score (nSPS) is 37.9. The van der Waals surface area contributed by atoms with Crippen molar-refractivity contribution >= 4 is 32.6 Å². The van der Waals surface area contributed by atoms with Crippen LogP contribution in [0.1, 0.15) is 38.5 Å². The van der Waals surface area contributed by atoms with Crippen LogP contribution in [-0.4, -0.2) is 54.5 Å². The molecular weight excluding hydrogens is 313 g/mol. The number of likely N-dealkylation sites (tertiary alicyclic amines) is 1. The molecule has 0 unspecified atom stereocenters. The predicted octanol–water partition coefficient (Wildman–Crippen LogP) is 2.09. The van der Waals surface area contributed by atoms with Crippen LogP contribution < -0.4 is 0 Å². The van der Waals surface area contributed by atoms with Gasteiger partial charge in [-0.2, -0.15) is 0 Å². The van der Waals surface area contributed by atoms with Crippen LogP contribution in [0, 0.1) is 0 Å². The zero-order valence-corrected chi connectivity index (χ0v) is 13.4. The zero-order chi connectivity index (χ0) is 12.6. The molecule has 18 heavy (non-hydrogen) atoms. The second-order valence-electron chi connectivity index (χ2n) is 5.30. The molecule has 2 atom stereocenters. The summed E-state index contributed by atoms with van der Waals surface area (Å²) >= 11 is 2.51. The van der Waals surface area contributed by atoms with E-state index in [0.29, 0.717) is 21.0 Å². The van der Waals surface area contributed by atoms with Gasteiger partial charge in [0.05, 0.1) is 0 Å². The minimum absolute atomic E-state index is 0.0547. The molecule has 0 aromatic heterocycles. The number of hydrogen-bond donors (Lipinski definition) is 0. The second-order valence-corrected chi connectivity index (χ2v) is 9.97. The van der Waals surface area contributed by atoms with E-state index in [4.69, 9.17) is 4.74 Å². The van der Waals surface area contributed by atoms with Crippen molar-refractivity contribution in [1.29, 1.82) is 0 Å². The molecule has 2 heterocycles. The van der Waals surface area contributed by atoms with Gasteiger partial charge in [-0.3, -0.25) is 0 Å². The predicted molar refractivity (Wildman–Crippen MR) is 74.9 cm³/mol. The summed E-state index contributed by atoms with van der Waals surface area (Å²) in [5.41, 5.74) is 0. The molecule has 1 aliphatic carbocycles. The molecule has 0 aromatic carbocycles. The van der Waals surface area contributed by atoms with Gasteiger partial charge >= 0.3 is 120 Å². The average Bonchev–Trinajstić information content (AvgIpc) is 2.41. The maximum atomic E-state index is 12.4. The van der Waals surface area contributed by atoms with Crippen LogP contribution >= 0.6 is 11.8 Å². The Kier molecular flexibility index (Phi) is 3.95. The van der Waals surface area contributed by atoms with E-state index in [0.717, 1.165) is 0 Å². The fraction of sp³-hybridized carbons (Fsp3) is 0.923. The Bertz CT molecular complexity index is 327. The molecule has 3 rings (SSSR count). The van der Waals surface area contributed by atoms with E-state index in [2.05, 4.69) is 4.90 Å². The van der Waals surface area contributed by atoms with Gasteiger partial charge in [-0.15, -0.1) is 0 Å². The van der Waals surface area contributed by atoms with Crippen LogP contribution in [0.3, 0.4) is 0 Å². The van der Waals surface area contributed by atoms with Gasteiger partial charge in [0.15, 0.2) is 0 Å². The molecule has 5 heteroatoms. The number of ether oxygens (including phenoxy) is 1. The van der Waals surface area contributed by atoms with Crippen molar-refractivity contribution in [3.63, 3.8) is 0 Å². The Balaban J connectivity index is 1.80. The summed E-state index contributed by atoms with van der Waals surface area (Å²) in [7, 11) is 1.70. The van der Waals surface area contributed by atoms with E-state index >= 15 is 0 Å². The molecule has 0 aromatic rings. The number of β-lactam (4-membered cyclic amide) rings is 1. The Morgan fingerprint density at radius 3 is 2.72 bits per heavy atom. The number of rotatable bonds is 2. The summed E-state index contributed by atoms with van der Waals surface area (Å²) in [6, 6.07) is 0.505. The molecule has 2 aliphatic heterocycles. The van der Waals surface area contributed by atoms with Crippen molar-refractivity contribution in [2.24, 2.45) is 0 Å². The van der Waals surface area contributed by atoms with Crippen molar-refractivity contribution < 1.29 is 9.53 Å². The van der Waals surface area contributed by atoms with Gasteiger partial charge in [-0.25, -0.2) is 0 Å². The molecule has 3 aliphatic rings. The quantitative estimate of drug-likeness (QED) is 0.572. The van der Waals surface area contributed by atoms with E-state index in [-0.39, 0.29) is 15.8 Å². The fourth-order valence-electron chi connectivity index (χ4n) is 3.35. The van der Waals surface area contributed by atoms with Crippen LogP contribution in [-0.2, 0) is 9.53 Å². The third-order valence-electron chi connectivity index (χ3n) is 4.21. The zero-order valence-electron chi connectivity index (χ0n) is 10.9. The van der Waals surface area contributed by atoms with E-state index < -0.39 is 0 Å². The van der Waals surface area contributed by atoms with E-state index in [1.54, 1.807) is 7.11 Å². The molecule has 3 nitrogen and oxygen atoms in total. The van der Waals surface area contributed by atoms with Gasteiger partial charge in [0, 0.05) is 0 Å². The number of methoxy groups -OCH3 is 1. The van der Waals surface area contributed by atoms with Crippen molar-refractivity contribution in [3.8, 4) is 0 Å². The molecule has 3 fully saturated rings. The molecule has 1 amide bonds. The molecule has 0 N–H and O–H groups in total. The monoisotopic (exact) mass is 335 g/mol. The summed E-state index contributed by atoms with van der Waals surface area (Å²) < 4.78 is 5.57. The second kappa shape index (κ2) is 5.35. The Morgan fingerprint density at radius 2 is 2.11 bits per heavy atom. The maximum absolute atomic E-state index is 12.4. The number of thioether (sulfide) groups is 1. The van der Waals surface area contributed by atoms with Gasteiger partial charge in [-0.1, -0.05) is 0 Å². The first-order valence-corrected chi connectivity index (χ1v) is 9.99. The third-order valence-corrected chi connectivity index (χ3v) is 9.65. The number of nitrogens with zero attached hydrogens (tertiary/aromatic N) is 1. The number of hydrogen-bond acceptors (Lipinski definition) is 3. The topological polar surface area (TPSA) is 29.5 Å². The SMILES string of the molecule is CO[C@@H]1C(=O)N(C2CCCCC2)[C@@]12SCCC[Se]2. The standard InChI is InChI=1S/C13H21NO2SSe/c1-16-11-12(15)14(10-6-3-2-4-7-10)13(11)17-8-5-9-18-13/h10-11H,2-9H2,1H3/t11-,13-/m1/s1. The summed E-state index contributed by atoms with van der Waals surface area (Å²) in [4.78, 5) is 14.6. The molecule has 1 spiro atoms. The first kappa shape index (κ1) is 13.3. The van der Waals surface area contributed by atoms with Crippen molar-refractivity contribution in [2.45, 2.75) is 59.8 Å². The van der Waals surface area contributed by atoms with E-state index in [1.807, 2.05) is 11.8 Å².